The maximum absolute atomic E-state index is 12.4. The number of aromatic nitrogens is 6. The molecule has 2 aromatic heterocycles. The van der Waals surface area contributed by atoms with Crippen LogP contribution < -0.4 is 5.32 Å². The van der Waals surface area contributed by atoms with Crippen LogP contribution in [0.25, 0.3) is 5.69 Å². The smallest absolute Gasteiger partial charge is 0.235 e. The van der Waals surface area contributed by atoms with Crippen LogP contribution in [-0.2, 0) is 11.3 Å². The molecule has 4 rings (SSSR count). The third-order valence-electron chi connectivity index (χ3n) is 4.69. The number of nitrogens with one attached hydrogen (secondary N) is 1. The molecule has 0 spiro atoms. The minimum absolute atomic E-state index is 0.104. The molecule has 0 bridgehead atoms. The number of aryl methyl sites for hydroxylation is 1. The van der Waals surface area contributed by atoms with Gasteiger partial charge in [-0.05, 0) is 60.2 Å². The monoisotopic (exact) mass is 383 g/mol. The van der Waals surface area contributed by atoms with Crippen molar-refractivity contribution < 1.29 is 4.79 Å². The lowest BCUT2D eigenvalue weighted by Crippen LogP contribution is -2.18. The Bertz CT molecular complexity index is 960. The first-order chi connectivity index (χ1) is 13.1. The maximum Gasteiger partial charge on any atom is 0.235 e. The van der Waals surface area contributed by atoms with Gasteiger partial charge in [0.15, 0.2) is 0 Å². The molecule has 0 unspecified atom stereocenters. The highest BCUT2D eigenvalue weighted by atomic mass is 32.2. The lowest BCUT2D eigenvalue weighted by Gasteiger charge is -2.10. The van der Waals surface area contributed by atoms with E-state index in [0.717, 1.165) is 23.6 Å². The van der Waals surface area contributed by atoms with E-state index >= 15 is 0 Å². The second-order valence-electron chi connectivity index (χ2n) is 6.77. The first-order valence-electron chi connectivity index (χ1n) is 8.91. The third kappa shape index (κ3) is 4.02. The number of carbonyl (C=O) groups is 1. The van der Waals surface area contributed by atoms with Gasteiger partial charge in [-0.25, -0.2) is 4.68 Å². The van der Waals surface area contributed by atoms with Gasteiger partial charge in [0.2, 0.25) is 11.1 Å². The van der Waals surface area contributed by atoms with Crippen molar-refractivity contribution in [3.8, 4) is 5.69 Å². The molecule has 0 atom stereocenters. The molecule has 1 saturated carbocycles. The van der Waals surface area contributed by atoms with Crippen LogP contribution in [0, 0.1) is 19.8 Å². The molecule has 1 fully saturated rings. The van der Waals surface area contributed by atoms with Gasteiger partial charge in [0.25, 0.3) is 0 Å². The largest absolute Gasteiger partial charge is 0.310 e. The van der Waals surface area contributed by atoms with Crippen LogP contribution in [0.15, 0.2) is 35.6 Å². The molecule has 0 saturated heterocycles. The zero-order valence-corrected chi connectivity index (χ0v) is 16.1. The summed E-state index contributed by atoms with van der Waals surface area (Å²) in [6.45, 7) is 4.95. The number of carbonyl (C=O) groups excluding carboxylic acids is 1. The fourth-order valence-corrected chi connectivity index (χ4v) is 3.51. The molecule has 0 radical (unpaired) electrons. The van der Waals surface area contributed by atoms with Crippen molar-refractivity contribution in [3.05, 3.63) is 41.6 Å². The minimum atomic E-state index is -0.104. The number of amides is 1. The van der Waals surface area contributed by atoms with Crippen molar-refractivity contribution in [3.63, 3.8) is 0 Å². The molecule has 1 aliphatic rings. The first kappa shape index (κ1) is 17.7. The van der Waals surface area contributed by atoms with Gasteiger partial charge < -0.3 is 5.32 Å². The van der Waals surface area contributed by atoms with E-state index in [1.165, 1.54) is 30.2 Å². The number of anilines is 1. The van der Waals surface area contributed by atoms with E-state index in [1.54, 1.807) is 10.9 Å². The molecule has 2 heterocycles. The van der Waals surface area contributed by atoms with Gasteiger partial charge in [-0.2, -0.15) is 9.78 Å². The summed E-state index contributed by atoms with van der Waals surface area (Å²) in [6.07, 6.45) is 4.19. The number of thioether (sulfide) groups is 1. The second kappa shape index (κ2) is 7.51. The van der Waals surface area contributed by atoms with Crippen molar-refractivity contribution in [2.24, 2.45) is 5.92 Å². The van der Waals surface area contributed by atoms with Crippen LogP contribution >= 0.6 is 11.8 Å². The van der Waals surface area contributed by atoms with Gasteiger partial charge in [-0.3, -0.25) is 4.79 Å². The Kier molecular flexibility index (Phi) is 4.93. The predicted molar refractivity (Wildman–Crippen MR) is 103 cm³/mol. The number of tetrazole rings is 1. The van der Waals surface area contributed by atoms with Crippen molar-refractivity contribution in [2.45, 2.75) is 38.4 Å². The summed E-state index contributed by atoms with van der Waals surface area (Å²) >= 11 is 1.31. The SMILES string of the molecule is Cc1cccc(-n2nnnc2SCC(=O)Nc2ccnn2CC2CC2)c1C. The van der Waals surface area contributed by atoms with E-state index in [1.807, 2.05) is 42.8 Å². The Morgan fingerprint density at radius 2 is 2.15 bits per heavy atom. The molecule has 1 aliphatic carbocycles. The van der Waals surface area contributed by atoms with Gasteiger partial charge in [-0.1, -0.05) is 23.9 Å². The van der Waals surface area contributed by atoms with Crippen LogP contribution in [0.3, 0.4) is 0 Å². The topological polar surface area (TPSA) is 90.5 Å². The maximum atomic E-state index is 12.4. The quantitative estimate of drug-likeness (QED) is 0.631. The fourth-order valence-electron chi connectivity index (χ4n) is 2.82. The normalized spacial score (nSPS) is 13.7. The summed E-state index contributed by atoms with van der Waals surface area (Å²) in [5.74, 6) is 1.55. The number of hydrogen-bond donors (Lipinski definition) is 1. The van der Waals surface area contributed by atoms with Crippen LogP contribution in [-0.4, -0.2) is 41.6 Å². The van der Waals surface area contributed by atoms with Gasteiger partial charge in [0.1, 0.15) is 5.82 Å². The van der Waals surface area contributed by atoms with Crippen molar-refractivity contribution in [1.29, 1.82) is 0 Å². The molecule has 3 aromatic rings. The number of benzene rings is 1. The predicted octanol–water partition coefficient (Wildman–Crippen LogP) is 2.62. The standard InChI is InChI=1S/C18H21N7OS/c1-12-4-3-5-15(13(12)2)25-18(21-22-23-25)27-11-17(26)20-16-8-9-19-24(16)10-14-6-7-14/h3-5,8-9,14H,6-7,10-11H2,1-2H3,(H,20,26). The van der Waals surface area contributed by atoms with Gasteiger partial charge >= 0.3 is 0 Å². The summed E-state index contributed by atoms with van der Waals surface area (Å²) in [5.41, 5.74) is 3.20. The van der Waals surface area contributed by atoms with Crippen LogP contribution in [0.5, 0.6) is 0 Å². The average Bonchev–Trinajstić information content (AvgIpc) is 3.17. The number of rotatable bonds is 7. The average molecular weight is 383 g/mol. The van der Waals surface area contributed by atoms with Gasteiger partial charge in [-0.15, -0.1) is 5.10 Å². The van der Waals surface area contributed by atoms with Crippen LogP contribution in [0.1, 0.15) is 24.0 Å². The van der Waals surface area contributed by atoms with E-state index in [9.17, 15) is 4.79 Å². The summed E-state index contributed by atoms with van der Waals surface area (Å²) in [5, 5.41) is 19.7. The summed E-state index contributed by atoms with van der Waals surface area (Å²) in [7, 11) is 0. The minimum Gasteiger partial charge on any atom is -0.310 e. The van der Waals surface area contributed by atoms with Crippen molar-refractivity contribution in [1.82, 2.24) is 30.0 Å². The Morgan fingerprint density at radius 3 is 2.96 bits per heavy atom. The Hall–Kier alpha value is -2.68. The zero-order valence-electron chi connectivity index (χ0n) is 15.3. The molecule has 1 N–H and O–H groups in total. The molecule has 140 valence electrons. The zero-order chi connectivity index (χ0) is 18.8. The molecule has 27 heavy (non-hydrogen) atoms. The fraction of sp³-hybridized carbons (Fsp3) is 0.389. The van der Waals surface area contributed by atoms with E-state index in [-0.39, 0.29) is 11.7 Å². The van der Waals surface area contributed by atoms with E-state index in [2.05, 4.69) is 25.9 Å². The van der Waals surface area contributed by atoms with Crippen molar-refractivity contribution >= 4 is 23.5 Å². The number of hydrogen-bond acceptors (Lipinski definition) is 6. The van der Waals surface area contributed by atoms with Gasteiger partial charge in [0, 0.05) is 12.6 Å². The summed E-state index contributed by atoms with van der Waals surface area (Å²) in [4.78, 5) is 12.4. The van der Waals surface area contributed by atoms with Gasteiger partial charge in [0.05, 0.1) is 17.6 Å². The Balaban J connectivity index is 1.41. The highest BCUT2D eigenvalue weighted by Gasteiger charge is 2.23. The number of nitrogens with zero attached hydrogens (tertiary/aromatic N) is 6. The Morgan fingerprint density at radius 1 is 1.30 bits per heavy atom. The molecule has 9 heteroatoms. The van der Waals surface area contributed by atoms with E-state index in [4.69, 9.17) is 0 Å². The van der Waals surface area contributed by atoms with Crippen molar-refractivity contribution in [2.75, 3.05) is 11.1 Å². The highest BCUT2D eigenvalue weighted by molar-refractivity contribution is 7.99. The molecule has 1 aromatic carbocycles. The van der Waals surface area contributed by atoms with E-state index in [0.29, 0.717) is 11.1 Å². The molecular formula is C18H21N7OS. The molecular weight excluding hydrogens is 362 g/mol. The summed E-state index contributed by atoms with van der Waals surface area (Å²) in [6, 6.07) is 7.82. The highest BCUT2D eigenvalue weighted by Crippen LogP contribution is 2.31. The van der Waals surface area contributed by atoms with Crippen LogP contribution in [0.2, 0.25) is 0 Å². The van der Waals surface area contributed by atoms with Crippen LogP contribution in [0.4, 0.5) is 5.82 Å². The lowest BCUT2D eigenvalue weighted by molar-refractivity contribution is -0.113. The third-order valence-corrected chi connectivity index (χ3v) is 5.61. The lowest BCUT2D eigenvalue weighted by atomic mass is 10.1. The Labute approximate surface area is 161 Å². The second-order valence-corrected chi connectivity index (χ2v) is 7.71. The molecule has 1 amide bonds. The first-order valence-corrected chi connectivity index (χ1v) is 9.90. The molecule has 0 aliphatic heterocycles. The van der Waals surface area contributed by atoms with E-state index < -0.39 is 0 Å². The molecule has 8 nitrogen and oxygen atoms in total. The summed E-state index contributed by atoms with van der Waals surface area (Å²) < 4.78 is 3.54.